The van der Waals surface area contributed by atoms with Gasteiger partial charge in [-0.2, -0.15) is 0 Å². The predicted molar refractivity (Wildman–Crippen MR) is 57.6 cm³/mol. The number of thiazole rings is 1. The second-order valence-corrected chi connectivity index (χ2v) is 4.98. The molecule has 0 saturated heterocycles. The molecular formula is C10H16N2S. The van der Waals surface area contributed by atoms with E-state index in [2.05, 4.69) is 24.1 Å². The maximum absolute atomic E-state index is 4.62. The molecule has 13 heavy (non-hydrogen) atoms. The fraction of sp³-hybridized carbons (Fsp3) is 0.700. The van der Waals surface area contributed by atoms with Crippen LogP contribution in [0.15, 0.2) is 0 Å². The Labute approximate surface area is 83.4 Å². The van der Waals surface area contributed by atoms with Crippen LogP contribution in [0.3, 0.4) is 0 Å². The van der Waals surface area contributed by atoms with Crippen LogP contribution < -0.4 is 5.32 Å². The van der Waals surface area contributed by atoms with Gasteiger partial charge in [-0.25, -0.2) is 4.98 Å². The van der Waals surface area contributed by atoms with E-state index < -0.39 is 0 Å². The molecule has 0 spiro atoms. The van der Waals surface area contributed by atoms with Crippen LogP contribution in [-0.2, 0) is 6.42 Å². The maximum atomic E-state index is 4.62. The summed E-state index contributed by atoms with van der Waals surface area (Å²) in [7, 11) is 0. The van der Waals surface area contributed by atoms with Gasteiger partial charge in [0.2, 0.25) is 0 Å². The van der Waals surface area contributed by atoms with Gasteiger partial charge in [0.05, 0.1) is 5.01 Å². The molecule has 0 unspecified atom stereocenters. The highest BCUT2D eigenvalue weighted by Crippen LogP contribution is 2.30. The fourth-order valence-corrected chi connectivity index (χ4v) is 2.63. The van der Waals surface area contributed by atoms with E-state index >= 15 is 0 Å². The molecule has 1 N–H and O–H groups in total. The maximum Gasteiger partial charge on any atom is 0.140 e. The van der Waals surface area contributed by atoms with Crippen molar-refractivity contribution in [3.63, 3.8) is 0 Å². The number of anilines is 1. The summed E-state index contributed by atoms with van der Waals surface area (Å²) in [5.41, 5.74) is 0. The molecule has 2 rings (SSSR count). The van der Waals surface area contributed by atoms with E-state index in [9.17, 15) is 0 Å². The van der Waals surface area contributed by atoms with E-state index in [0.717, 1.165) is 12.4 Å². The van der Waals surface area contributed by atoms with Crippen molar-refractivity contribution < 1.29 is 0 Å². The quantitative estimate of drug-likeness (QED) is 0.747. The number of hydrogen-bond acceptors (Lipinski definition) is 3. The number of fused-ring (bicyclic) bond motifs is 1. The minimum absolute atomic E-state index is 0.568. The Morgan fingerprint density at radius 3 is 3.00 bits per heavy atom. The number of aromatic nitrogens is 1. The van der Waals surface area contributed by atoms with Crippen molar-refractivity contribution in [3.8, 4) is 0 Å². The van der Waals surface area contributed by atoms with Crippen LogP contribution >= 0.6 is 11.3 Å². The molecule has 0 amide bonds. The molecule has 0 bridgehead atoms. The molecule has 0 aromatic carbocycles. The monoisotopic (exact) mass is 196 g/mol. The van der Waals surface area contributed by atoms with Crippen LogP contribution in [0.25, 0.3) is 0 Å². The second kappa shape index (κ2) is 3.66. The van der Waals surface area contributed by atoms with E-state index in [0.29, 0.717) is 5.92 Å². The number of nitrogens with one attached hydrogen (secondary N) is 1. The lowest BCUT2D eigenvalue weighted by Crippen LogP contribution is -1.99. The highest BCUT2D eigenvalue weighted by atomic mass is 32.1. The summed E-state index contributed by atoms with van der Waals surface area (Å²) in [4.78, 5) is 6.08. The molecule has 0 saturated carbocycles. The van der Waals surface area contributed by atoms with Crippen molar-refractivity contribution in [1.82, 2.24) is 4.98 Å². The Kier molecular flexibility index (Phi) is 2.54. The van der Waals surface area contributed by atoms with Gasteiger partial charge < -0.3 is 5.32 Å². The van der Waals surface area contributed by atoms with E-state index in [1.807, 2.05) is 11.3 Å². The zero-order valence-electron chi connectivity index (χ0n) is 8.26. The Bertz CT molecular complexity index is 268. The topological polar surface area (TPSA) is 24.9 Å². The summed E-state index contributed by atoms with van der Waals surface area (Å²) in [6.45, 7) is 5.50. The molecule has 0 aliphatic carbocycles. The van der Waals surface area contributed by atoms with Crippen LogP contribution in [0.2, 0.25) is 0 Å². The first-order chi connectivity index (χ1) is 6.27. The van der Waals surface area contributed by atoms with Crippen molar-refractivity contribution in [1.29, 1.82) is 0 Å². The van der Waals surface area contributed by atoms with Crippen molar-refractivity contribution in [2.24, 2.45) is 0 Å². The van der Waals surface area contributed by atoms with Gasteiger partial charge in [0.1, 0.15) is 5.82 Å². The van der Waals surface area contributed by atoms with Crippen LogP contribution in [0, 0.1) is 0 Å². The van der Waals surface area contributed by atoms with Crippen LogP contribution in [-0.4, -0.2) is 11.5 Å². The number of nitrogens with zero attached hydrogens (tertiary/aromatic N) is 1. The lowest BCUT2D eigenvalue weighted by molar-refractivity contribution is 0.789. The molecule has 0 radical (unpaired) electrons. The third-order valence-corrected chi connectivity index (χ3v) is 3.75. The van der Waals surface area contributed by atoms with E-state index in [1.165, 1.54) is 29.1 Å². The summed E-state index contributed by atoms with van der Waals surface area (Å²) in [6.07, 6.45) is 3.80. The lowest BCUT2D eigenvalue weighted by atomic mass is 10.2. The summed E-state index contributed by atoms with van der Waals surface area (Å²) in [5, 5.41) is 4.68. The average molecular weight is 196 g/mol. The van der Waals surface area contributed by atoms with E-state index in [1.54, 1.807) is 0 Å². The molecule has 1 aliphatic heterocycles. The highest BCUT2D eigenvalue weighted by Gasteiger charge is 2.14. The molecule has 0 fully saturated rings. The molecule has 0 atom stereocenters. The molecule has 2 nitrogen and oxygen atoms in total. The molecule has 1 aliphatic rings. The van der Waals surface area contributed by atoms with Gasteiger partial charge in [-0.1, -0.05) is 13.8 Å². The van der Waals surface area contributed by atoms with Gasteiger partial charge in [0, 0.05) is 17.3 Å². The summed E-state index contributed by atoms with van der Waals surface area (Å²) >= 11 is 1.88. The van der Waals surface area contributed by atoms with Gasteiger partial charge in [-0.15, -0.1) is 11.3 Å². The van der Waals surface area contributed by atoms with Crippen LogP contribution in [0.5, 0.6) is 0 Å². The van der Waals surface area contributed by atoms with Gasteiger partial charge >= 0.3 is 0 Å². The second-order valence-electron chi connectivity index (χ2n) is 3.86. The lowest BCUT2D eigenvalue weighted by Gasteiger charge is -1.99. The summed E-state index contributed by atoms with van der Waals surface area (Å²) < 4.78 is 0. The van der Waals surface area contributed by atoms with Crippen LogP contribution in [0.4, 0.5) is 5.82 Å². The number of aryl methyl sites for hydroxylation is 1. The first kappa shape index (κ1) is 9.00. The zero-order valence-corrected chi connectivity index (χ0v) is 9.08. The third kappa shape index (κ3) is 1.85. The van der Waals surface area contributed by atoms with Crippen LogP contribution in [0.1, 0.15) is 42.5 Å². The number of rotatable bonds is 1. The predicted octanol–water partition coefficient (Wildman–Crippen LogP) is 3.01. The van der Waals surface area contributed by atoms with Crippen molar-refractivity contribution in [2.75, 3.05) is 11.9 Å². The van der Waals surface area contributed by atoms with E-state index in [-0.39, 0.29) is 0 Å². The normalized spacial score (nSPS) is 16.5. The number of hydrogen-bond donors (Lipinski definition) is 1. The average Bonchev–Trinajstić information content (AvgIpc) is 2.38. The Morgan fingerprint density at radius 1 is 1.38 bits per heavy atom. The fourth-order valence-electron chi connectivity index (χ4n) is 1.54. The Balaban J connectivity index is 2.27. The van der Waals surface area contributed by atoms with E-state index in [4.69, 9.17) is 0 Å². The molecule has 3 heteroatoms. The third-order valence-electron chi connectivity index (χ3n) is 2.33. The summed E-state index contributed by atoms with van der Waals surface area (Å²) in [5.74, 6) is 1.73. The van der Waals surface area contributed by atoms with Crippen molar-refractivity contribution in [2.45, 2.75) is 39.0 Å². The smallest absolute Gasteiger partial charge is 0.140 e. The first-order valence-corrected chi connectivity index (χ1v) is 5.82. The SMILES string of the molecule is CC(C)c1nc2c(s1)CCCCN2. The minimum atomic E-state index is 0.568. The van der Waals surface area contributed by atoms with Crippen molar-refractivity contribution >= 4 is 17.2 Å². The van der Waals surface area contributed by atoms with Gasteiger partial charge in [0.15, 0.2) is 0 Å². The Morgan fingerprint density at radius 2 is 2.23 bits per heavy atom. The minimum Gasteiger partial charge on any atom is -0.369 e. The molecule has 1 aromatic heterocycles. The molecular weight excluding hydrogens is 180 g/mol. The largest absolute Gasteiger partial charge is 0.369 e. The van der Waals surface area contributed by atoms with Gasteiger partial charge in [-0.05, 0) is 19.3 Å². The van der Waals surface area contributed by atoms with Gasteiger partial charge in [0.25, 0.3) is 0 Å². The van der Waals surface area contributed by atoms with Gasteiger partial charge in [-0.3, -0.25) is 0 Å². The molecule has 2 heterocycles. The molecule has 1 aromatic rings. The zero-order chi connectivity index (χ0) is 9.26. The van der Waals surface area contributed by atoms with Crippen molar-refractivity contribution in [3.05, 3.63) is 9.88 Å². The standard InChI is InChI=1S/C10H16N2S/c1-7(2)10-12-9-8(13-10)5-3-4-6-11-9/h7,11H,3-6H2,1-2H3. The molecule has 72 valence electrons. The highest BCUT2D eigenvalue weighted by molar-refractivity contribution is 7.12. The Hall–Kier alpha value is -0.570. The first-order valence-electron chi connectivity index (χ1n) is 5.01. The summed E-state index contributed by atoms with van der Waals surface area (Å²) in [6, 6.07) is 0.